The number of nitrogens with zero attached hydrogens (tertiary/aromatic N) is 2. The molecule has 0 aliphatic rings. The van der Waals surface area contributed by atoms with Gasteiger partial charge < -0.3 is 16.2 Å². The topological polar surface area (TPSA) is 101 Å². The van der Waals surface area contributed by atoms with Gasteiger partial charge in [0.2, 0.25) is 0 Å². The summed E-state index contributed by atoms with van der Waals surface area (Å²) in [4.78, 5) is 11.2. The highest BCUT2D eigenvalue weighted by Gasteiger charge is 2.14. The van der Waals surface area contributed by atoms with E-state index in [0.29, 0.717) is 12.2 Å². The van der Waals surface area contributed by atoms with Crippen molar-refractivity contribution in [2.75, 3.05) is 11.9 Å². The molecule has 94 valence electrons. The van der Waals surface area contributed by atoms with Crippen LogP contribution in [-0.4, -0.2) is 33.9 Å². The third kappa shape index (κ3) is 3.83. The average Bonchev–Trinajstić information content (AvgIpc) is 2.30. The van der Waals surface area contributed by atoms with Crippen LogP contribution in [0.1, 0.15) is 30.1 Å². The van der Waals surface area contributed by atoms with Gasteiger partial charge in [0.15, 0.2) is 11.0 Å². The van der Waals surface area contributed by atoms with Crippen LogP contribution in [0.5, 0.6) is 0 Å². The highest BCUT2D eigenvalue weighted by atomic mass is 35.5. The van der Waals surface area contributed by atoms with E-state index in [2.05, 4.69) is 15.5 Å². The van der Waals surface area contributed by atoms with Crippen molar-refractivity contribution in [3.8, 4) is 0 Å². The minimum atomic E-state index is -0.622. The maximum Gasteiger partial charge on any atom is 0.252 e. The summed E-state index contributed by atoms with van der Waals surface area (Å²) in [6.07, 6.45) is 1.34. The van der Waals surface area contributed by atoms with Crippen LogP contribution in [0.3, 0.4) is 0 Å². The molecule has 1 aromatic rings. The zero-order valence-electron chi connectivity index (χ0n) is 9.48. The number of hydrogen-bond donors (Lipinski definition) is 3. The second-order valence-corrected chi connectivity index (χ2v) is 3.94. The number of nitrogens with one attached hydrogen (secondary N) is 1. The van der Waals surface area contributed by atoms with E-state index >= 15 is 0 Å². The van der Waals surface area contributed by atoms with Gasteiger partial charge in [-0.2, -0.15) is 0 Å². The highest BCUT2D eigenvalue weighted by Crippen LogP contribution is 2.17. The lowest BCUT2D eigenvalue weighted by Gasteiger charge is -2.17. The molecule has 0 saturated heterocycles. The number of carbonyl (C=O) groups excluding carboxylic acids is 1. The van der Waals surface area contributed by atoms with Crippen molar-refractivity contribution in [3.05, 3.63) is 16.8 Å². The Bertz CT molecular complexity index is 400. The summed E-state index contributed by atoms with van der Waals surface area (Å²) in [5, 5.41) is 19.5. The Morgan fingerprint density at radius 1 is 1.65 bits per heavy atom. The number of nitrogens with two attached hydrogens (primary N) is 1. The largest absolute Gasteiger partial charge is 0.396 e. The van der Waals surface area contributed by atoms with Gasteiger partial charge in [-0.3, -0.25) is 4.79 Å². The molecule has 17 heavy (non-hydrogen) atoms. The van der Waals surface area contributed by atoms with E-state index in [0.717, 1.165) is 6.42 Å². The molecular formula is C10H15ClN4O2. The van der Waals surface area contributed by atoms with Crippen molar-refractivity contribution in [2.24, 2.45) is 5.73 Å². The smallest absolute Gasteiger partial charge is 0.252 e. The average molecular weight is 259 g/mol. The summed E-state index contributed by atoms with van der Waals surface area (Å²) in [6.45, 7) is 2.01. The Morgan fingerprint density at radius 3 is 2.88 bits per heavy atom. The Labute approximate surface area is 104 Å². The first-order valence-corrected chi connectivity index (χ1v) is 5.66. The quantitative estimate of drug-likeness (QED) is 0.701. The predicted octanol–water partition coefficient (Wildman–Crippen LogP) is 0.802. The van der Waals surface area contributed by atoms with Gasteiger partial charge in [-0.1, -0.05) is 18.5 Å². The molecule has 4 N–H and O–H groups in total. The zero-order chi connectivity index (χ0) is 12.8. The number of rotatable bonds is 6. The van der Waals surface area contributed by atoms with Crippen molar-refractivity contribution in [3.63, 3.8) is 0 Å². The van der Waals surface area contributed by atoms with Crippen LogP contribution >= 0.6 is 11.6 Å². The van der Waals surface area contributed by atoms with Crippen LogP contribution in [0.25, 0.3) is 0 Å². The first kappa shape index (κ1) is 13.7. The third-order valence-electron chi connectivity index (χ3n) is 2.34. The number of aromatic nitrogens is 2. The number of amides is 1. The Balaban J connectivity index is 2.92. The van der Waals surface area contributed by atoms with Crippen LogP contribution < -0.4 is 11.1 Å². The molecule has 0 radical (unpaired) electrons. The molecule has 1 atom stereocenters. The van der Waals surface area contributed by atoms with Crippen molar-refractivity contribution in [1.82, 2.24) is 10.2 Å². The summed E-state index contributed by atoms with van der Waals surface area (Å²) in [5.74, 6) is -0.328. The lowest BCUT2D eigenvalue weighted by Crippen LogP contribution is -2.24. The van der Waals surface area contributed by atoms with Gasteiger partial charge in [0.1, 0.15) is 0 Å². The fraction of sp³-hybridized carbons (Fsp3) is 0.500. The summed E-state index contributed by atoms with van der Waals surface area (Å²) >= 11 is 5.64. The molecule has 1 rings (SSSR count). The van der Waals surface area contributed by atoms with Crippen LogP contribution in [0, 0.1) is 0 Å². The Morgan fingerprint density at radius 2 is 2.35 bits per heavy atom. The second-order valence-electron chi connectivity index (χ2n) is 3.56. The minimum Gasteiger partial charge on any atom is -0.396 e. The first-order valence-electron chi connectivity index (χ1n) is 5.28. The number of primary amides is 1. The van der Waals surface area contributed by atoms with Gasteiger partial charge in [-0.05, 0) is 18.9 Å². The van der Waals surface area contributed by atoms with E-state index in [1.807, 2.05) is 6.92 Å². The molecule has 0 spiro atoms. The lowest BCUT2D eigenvalue weighted by atomic mass is 10.1. The molecule has 1 amide bonds. The SMILES string of the molecule is CCC(CCO)Nc1nnc(Cl)cc1C(N)=O. The molecule has 0 fully saturated rings. The van der Waals surface area contributed by atoms with Gasteiger partial charge in [-0.15, -0.1) is 10.2 Å². The van der Waals surface area contributed by atoms with Crippen LogP contribution in [-0.2, 0) is 0 Å². The first-order chi connectivity index (χ1) is 8.08. The maximum absolute atomic E-state index is 11.2. The Kier molecular flexibility index (Phi) is 5.11. The summed E-state index contributed by atoms with van der Waals surface area (Å²) < 4.78 is 0. The van der Waals surface area contributed by atoms with Crippen LogP contribution in [0.2, 0.25) is 5.15 Å². The molecule has 6 nitrogen and oxygen atoms in total. The van der Waals surface area contributed by atoms with Gasteiger partial charge in [-0.25, -0.2) is 0 Å². The molecule has 0 aliphatic heterocycles. The minimum absolute atomic E-state index is 0.00794. The number of aliphatic hydroxyl groups excluding tert-OH is 1. The molecule has 1 aromatic heterocycles. The summed E-state index contributed by atoms with van der Waals surface area (Å²) in [7, 11) is 0. The van der Waals surface area contributed by atoms with Crippen molar-refractivity contribution in [2.45, 2.75) is 25.8 Å². The fourth-order valence-corrected chi connectivity index (χ4v) is 1.54. The molecule has 0 bridgehead atoms. The summed E-state index contributed by atoms with van der Waals surface area (Å²) in [5.41, 5.74) is 5.42. The van der Waals surface area contributed by atoms with E-state index in [9.17, 15) is 4.79 Å². The van der Waals surface area contributed by atoms with Crippen molar-refractivity contribution in [1.29, 1.82) is 0 Å². The Hall–Kier alpha value is -1.40. The second kappa shape index (κ2) is 6.36. The molecule has 1 unspecified atom stereocenters. The standard InChI is InChI=1S/C10H15ClN4O2/c1-2-6(3-4-16)13-10-7(9(12)17)5-8(11)14-15-10/h5-6,16H,2-4H2,1H3,(H2,12,17)(H,13,15). The van der Waals surface area contributed by atoms with Crippen LogP contribution in [0.4, 0.5) is 5.82 Å². The van der Waals surface area contributed by atoms with Gasteiger partial charge in [0, 0.05) is 12.6 Å². The van der Waals surface area contributed by atoms with Gasteiger partial charge >= 0.3 is 0 Å². The number of aliphatic hydroxyl groups is 1. The van der Waals surface area contributed by atoms with Gasteiger partial charge in [0.25, 0.3) is 5.91 Å². The summed E-state index contributed by atoms with van der Waals surface area (Å²) in [6, 6.07) is 1.37. The van der Waals surface area contributed by atoms with E-state index in [-0.39, 0.29) is 23.4 Å². The van der Waals surface area contributed by atoms with E-state index in [4.69, 9.17) is 22.4 Å². The van der Waals surface area contributed by atoms with Crippen LogP contribution in [0.15, 0.2) is 6.07 Å². The zero-order valence-corrected chi connectivity index (χ0v) is 10.2. The van der Waals surface area contributed by atoms with E-state index < -0.39 is 5.91 Å². The lowest BCUT2D eigenvalue weighted by molar-refractivity contribution is 0.100. The number of carbonyl (C=O) groups is 1. The van der Waals surface area contributed by atoms with E-state index in [1.165, 1.54) is 6.07 Å². The molecular weight excluding hydrogens is 244 g/mol. The molecule has 1 heterocycles. The van der Waals surface area contributed by atoms with Gasteiger partial charge in [0.05, 0.1) is 5.56 Å². The predicted molar refractivity (Wildman–Crippen MR) is 65.0 cm³/mol. The molecule has 7 heteroatoms. The number of hydrogen-bond acceptors (Lipinski definition) is 5. The third-order valence-corrected chi connectivity index (χ3v) is 2.53. The monoisotopic (exact) mass is 258 g/mol. The fourth-order valence-electron chi connectivity index (χ4n) is 1.39. The molecule has 0 aromatic carbocycles. The normalized spacial score (nSPS) is 12.2. The highest BCUT2D eigenvalue weighted by molar-refractivity contribution is 6.29. The molecule has 0 saturated carbocycles. The number of halogens is 1. The maximum atomic E-state index is 11.2. The molecule has 0 aliphatic carbocycles. The van der Waals surface area contributed by atoms with Crippen molar-refractivity contribution >= 4 is 23.3 Å². The van der Waals surface area contributed by atoms with Crippen molar-refractivity contribution < 1.29 is 9.90 Å². The van der Waals surface area contributed by atoms with E-state index in [1.54, 1.807) is 0 Å². The number of anilines is 1.